The van der Waals surface area contributed by atoms with Gasteiger partial charge < -0.3 is 0 Å². The van der Waals surface area contributed by atoms with Crippen LogP contribution in [0, 0.1) is 0 Å². The maximum Gasteiger partial charge on any atom is 0.238 e. The normalized spacial score (nSPS) is 20.9. The van der Waals surface area contributed by atoms with Crippen LogP contribution < -0.4 is 9.80 Å². The van der Waals surface area contributed by atoms with Crippen LogP contribution in [0.3, 0.4) is 0 Å². The highest BCUT2D eigenvalue weighted by molar-refractivity contribution is 8.01. The monoisotopic (exact) mass is 500 g/mol. The summed E-state index contributed by atoms with van der Waals surface area (Å²) in [6, 6.07) is 22.9. The number of rotatable bonds is 4. The largest absolute Gasteiger partial charge is 0.295 e. The first-order valence-corrected chi connectivity index (χ1v) is 12.8. The highest BCUT2D eigenvalue weighted by Crippen LogP contribution is 2.45. The number of hydrogen-bond donors (Lipinski definition) is 0. The highest BCUT2D eigenvalue weighted by Gasteiger charge is 2.36. The predicted molar refractivity (Wildman–Crippen MR) is 135 cm³/mol. The van der Waals surface area contributed by atoms with Gasteiger partial charge in [-0.3, -0.25) is 19.4 Å². The van der Waals surface area contributed by atoms with Crippen molar-refractivity contribution < 1.29 is 9.59 Å². The van der Waals surface area contributed by atoms with E-state index in [9.17, 15) is 9.59 Å². The molecule has 0 bridgehead atoms. The Morgan fingerprint density at radius 3 is 1.28 bits per heavy atom. The maximum absolute atomic E-state index is 12.6. The average molecular weight is 501 g/mol. The minimum Gasteiger partial charge on any atom is -0.295 e. The molecule has 2 aliphatic rings. The van der Waals surface area contributed by atoms with Crippen LogP contribution in [0.1, 0.15) is 21.9 Å². The molecule has 2 aliphatic heterocycles. The van der Waals surface area contributed by atoms with Crippen LogP contribution in [0.15, 0.2) is 72.8 Å². The van der Waals surface area contributed by atoms with E-state index >= 15 is 0 Å². The number of hydrogen-bond acceptors (Lipinski definition) is 4. The molecule has 3 aromatic rings. The third-order valence-corrected chi connectivity index (χ3v) is 8.38. The molecule has 0 aliphatic carbocycles. The number of anilines is 2. The number of thioether (sulfide) groups is 2. The molecule has 0 unspecified atom stereocenters. The van der Waals surface area contributed by atoms with Gasteiger partial charge >= 0.3 is 0 Å². The van der Waals surface area contributed by atoms with E-state index in [2.05, 4.69) is 24.3 Å². The lowest BCUT2D eigenvalue weighted by Gasteiger charge is -2.26. The minimum atomic E-state index is -0.0945. The zero-order valence-corrected chi connectivity index (χ0v) is 19.9. The molecule has 0 spiro atoms. The second-order valence-electron chi connectivity index (χ2n) is 7.47. The van der Waals surface area contributed by atoms with Gasteiger partial charge in [-0.05, 0) is 59.7 Å². The van der Waals surface area contributed by atoms with Crippen LogP contribution in [0.5, 0.6) is 0 Å². The Balaban J connectivity index is 1.41. The van der Waals surface area contributed by atoms with Gasteiger partial charge in [-0.1, -0.05) is 47.5 Å². The van der Waals surface area contributed by atoms with E-state index < -0.39 is 0 Å². The molecule has 4 nitrogen and oxygen atoms in total. The lowest BCUT2D eigenvalue weighted by Crippen LogP contribution is -2.28. The zero-order valence-electron chi connectivity index (χ0n) is 16.8. The number of carbonyl (C=O) groups is 2. The number of halogens is 2. The summed E-state index contributed by atoms with van der Waals surface area (Å²) < 4.78 is 0. The minimum absolute atomic E-state index is 0.0808. The van der Waals surface area contributed by atoms with Gasteiger partial charge in [0.25, 0.3) is 0 Å². The van der Waals surface area contributed by atoms with E-state index in [1.165, 1.54) is 0 Å². The number of nitrogens with zero attached hydrogens (tertiary/aromatic N) is 2. The van der Waals surface area contributed by atoms with Gasteiger partial charge in [0.05, 0.1) is 11.5 Å². The molecule has 2 fully saturated rings. The van der Waals surface area contributed by atoms with Crippen molar-refractivity contribution >= 4 is 69.9 Å². The average Bonchev–Trinajstić information content (AvgIpc) is 3.38. The van der Waals surface area contributed by atoms with E-state index in [1.807, 2.05) is 34.1 Å². The molecule has 0 N–H and O–H groups in total. The molecule has 8 heteroatoms. The Morgan fingerprint density at radius 2 is 0.938 bits per heavy atom. The molecule has 5 rings (SSSR count). The van der Waals surface area contributed by atoms with Gasteiger partial charge in [0, 0.05) is 21.4 Å². The van der Waals surface area contributed by atoms with Gasteiger partial charge in [0.15, 0.2) is 0 Å². The second-order valence-corrected chi connectivity index (χ2v) is 10.5. The van der Waals surface area contributed by atoms with Gasteiger partial charge in [-0.25, -0.2) is 0 Å². The molecule has 0 saturated carbocycles. The van der Waals surface area contributed by atoms with Crippen LogP contribution in [0.25, 0.3) is 0 Å². The molecule has 162 valence electrons. The fourth-order valence-electron chi connectivity index (χ4n) is 3.93. The smallest absolute Gasteiger partial charge is 0.238 e. The summed E-state index contributed by atoms with van der Waals surface area (Å²) in [6.45, 7) is 0. The Hall–Kier alpha value is -2.12. The van der Waals surface area contributed by atoms with E-state index in [4.69, 9.17) is 23.2 Å². The van der Waals surface area contributed by atoms with Crippen molar-refractivity contribution in [1.29, 1.82) is 0 Å². The van der Waals surface area contributed by atoms with E-state index in [0.717, 1.165) is 22.5 Å². The molecule has 3 aromatic carbocycles. The summed E-state index contributed by atoms with van der Waals surface area (Å²) in [4.78, 5) is 28.8. The lowest BCUT2D eigenvalue weighted by molar-refractivity contribution is -0.116. The standard InChI is InChI=1S/C24H18Cl2N2O2S2/c25-17-5-9-19(10-6-17)27-21(29)13-31-23(27)15-1-2-16(4-3-15)24-28(22(30)14-32-24)20-11-7-18(26)8-12-20/h1-12,23-24H,13-14H2/t23-,24+. The van der Waals surface area contributed by atoms with Crippen molar-refractivity contribution in [3.63, 3.8) is 0 Å². The quantitative estimate of drug-likeness (QED) is 0.407. The summed E-state index contributed by atoms with van der Waals surface area (Å²) in [7, 11) is 0. The predicted octanol–water partition coefficient (Wildman–Crippen LogP) is 6.55. The second kappa shape index (κ2) is 9.02. The molecular formula is C24H18Cl2N2O2S2. The van der Waals surface area contributed by atoms with Crippen LogP contribution in [0.2, 0.25) is 10.0 Å². The summed E-state index contributed by atoms with van der Waals surface area (Å²) in [5, 5.41) is 1.09. The van der Waals surface area contributed by atoms with E-state index in [-0.39, 0.29) is 22.6 Å². The third-order valence-electron chi connectivity index (χ3n) is 5.45. The van der Waals surface area contributed by atoms with Gasteiger partial charge in [-0.2, -0.15) is 0 Å². The van der Waals surface area contributed by atoms with Crippen molar-refractivity contribution in [2.45, 2.75) is 10.7 Å². The molecule has 0 aromatic heterocycles. The van der Waals surface area contributed by atoms with Gasteiger partial charge in [0.2, 0.25) is 11.8 Å². The number of carbonyl (C=O) groups excluding carboxylic acids is 2. The lowest BCUT2D eigenvalue weighted by atomic mass is 10.1. The topological polar surface area (TPSA) is 40.6 Å². The first-order chi connectivity index (χ1) is 15.5. The molecule has 0 radical (unpaired) electrons. The maximum atomic E-state index is 12.6. The van der Waals surface area contributed by atoms with E-state index in [1.54, 1.807) is 47.8 Å². The summed E-state index contributed by atoms with van der Waals surface area (Å²) in [5.41, 5.74) is 3.77. The molecule has 2 saturated heterocycles. The SMILES string of the molecule is O=C1CS[C@H](c2ccc([C@@H]3SCC(=O)N3c3ccc(Cl)cc3)cc2)N1c1ccc(Cl)cc1. The van der Waals surface area contributed by atoms with Crippen molar-refractivity contribution in [2.75, 3.05) is 21.3 Å². The Kier molecular flexibility index (Phi) is 6.12. The Morgan fingerprint density at radius 1 is 0.594 bits per heavy atom. The highest BCUT2D eigenvalue weighted by atomic mass is 35.5. The van der Waals surface area contributed by atoms with Crippen molar-refractivity contribution in [2.24, 2.45) is 0 Å². The molecule has 2 amide bonds. The van der Waals surface area contributed by atoms with Crippen LogP contribution >= 0.6 is 46.7 Å². The first kappa shape index (κ1) is 21.7. The zero-order chi connectivity index (χ0) is 22.2. The molecule has 2 heterocycles. The Labute approximate surface area is 204 Å². The third kappa shape index (κ3) is 4.13. The van der Waals surface area contributed by atoms with Crippen molar-refractivity contribution in [1.82, 2.24) is 0 Å². The van der Waals surface area contributed by atoms with Crippen LogP contribution in [0.4, 0.5) is 11.4 Å². The van der Waals surface area contributed by atoms with Crippen molar-refractivity contribution in [3.05, 3.63) is 94.0 Å². The summed E-state index contributed by atoms with van der Waals surface area (Å²) in [5.74, 6) is 1.04. The first-order valence-electron chi connectivity index (χ1n) is 9.99. The van der Waals surface area contributed by atoms with E-state index in [0.29, 0.717) is 21.6 Å². The van der Waals surface area contributed by atoms with Crippen LogP contribution in [-0.2, 0) is 9.59 Å². The summed E-state index contributed by atoms with van der Waals surface area (Å²) in [6.07, 6.45) is 0. The Bertz CT molecular complexity index is 1060. The van der Waals surface area contributed by atoms with Crippen molar-refractivity contribution in [3.8, 4) is 0 Å². The summed E-state index contributed by atoms with van der Waals surface area (Å²) >= 11 is 15.3. The number of benzene rings is 3. The van der Waals surface area contributed by atoms with Gasteiger partial charge in [-0.15, -0.1) is 23.5 Å². The fraction of sp³-hybridized carbons (Fsp3) is 0.167. The fourth-order valence-corrected chi connectivity index (χ4v) is 6.54. The molecular weight excluding hydrogens is 483 g/mol. The van der Waals surface area contributed by atoms with Gasteiger partial charge in [0.1, 0.15) is 10.7 Å². The molecule has 2 atom stereocenters. The molecule has 32 heavy (non-hydrogen) atoms. The van der Waals surface area contributed by atoms with Crippen LogP contribution in [-0.4, -0.2) is 23.3 Å². The number of amides is 2.